The van der Waals surface area contributed by atoms with Gasteiger partial charge in [-0.2, -0.15) is 0 Å². The Labute approximate surface area is 305 Å². The number of aromatic hydroxyl groups is 1. The van der Waals surface area contributed by atoms with Crippen LogP contribution in [0.4, 0.5) is 0 Å². The molecule has 1 N–H and O–H groups in total. The van der Waals surface area contributed by atoms with Crippen molar-refractivity contribution >= 4 is 11.9 Å². The number of aryl methyl sites for hydroxylation is 2. The fraction of sp³-hybridized carbons (Fsp3) is 0.435. The van der Waals surface area contributed by atoms with Gasteiger partial charge in [-0.1, -0.05) is 138 Å². The molecule has 2 atom stereocenters. The molecule has 6 rings (SSSR count). The van der Waals surface area contributed by atoms with Crippen LogP contribution in [0.2, 0.25) is 0 Å². The molecule has 5 nitrogen and oxygen atoms in total. The molecule has 0 fully saturated rings. The highest BCUT2D eigenvalue weighted by Gasteiger charge is 2.41. The lowest BCUT2D eigenvalue weighted by Crippen LogP contribution is -2.17. The van der Waals surface area contributed by atoms with Crippen molar-refractivity contribution in [3.05, 3.63) is 122 Å². The molecule has 5 heteroatoms. The molecule has 0 aromatic heterocycles. The first-order chi connectivity index (χ1) is 23.4. The number of ether oxygens (including phenoxy) is 2. The van der Waals surface area contributed by atoms with Gasteiger partial charge < -0.3 is 14.6 Å². The lowest BCUT2D eigenvalue weighted by atomic mass is 9.77. The van der Waals surface area contributed by atoms with Crippen LogP contribution >= 0.6 is 0 Å². The molecule has 2 aliphatic heterocycles. The van der Waals surface area contributed by atoms with Gasteiger partial charge >= 0.3 is 11.9 Å². The van der Waals surface area contributed by atoms with Crippen LogP contribution in [0.15, 0.2) is 66.7 Å². The maximum atomic E-state index is 12.8. The summed E-state index contributed by atoms with van der Waals surface area (Å²) in [5.74, 6) is 0.445. The van der Waals surface area contributed by atoms with Gasteiger partial charge in [-0.25, -0.2) is 0 Å². The third kappa shape index (κ3) is 7.64. The van der Waals surface area contributed by atoms with E-state index in [0.717, 1.165) is 39.1 Å². The molecule has 270 valence electrons. The Morgan fingerprint density at radius 2 is 0.882 bits per heavy atom. The number of carbonyl (C=O) groups is 2. The molecule has 0 aliphatic carbocycles. The number of fused-ring (bicyclic) bond motifs is 2. The van der Waals surface area contributed by atoms with Gasteiger partial charge in [0.05, 0.1) is 0 Å². The summed E-state index contributed by atoms with van der Waals surface area (Å²) in [4.78, 5) is 25.5. The van der Waals surface area contributed by atoms with E-state index in [2.05, 4.69) is 139 Å². The van der Waals surface area contributed by atoms with E-state index in [0.29, 0.717) is 5.75 Å². The minimum absolute atomic E-state index is 0.00834. The summed E-state index contributed by atoms with van der Waals surface area (Å²) in [6.45, 7) is 30.3. The van der Waals surface area contributed by atoms with Crippen LogP contribution in [0, 0.1) is 13.8 Å². The number of phenols is 1. The summed E-state index contributed by atoms with van der Waals surface area (Å²) >= 11 is 0. The molecule has 0 bridgehead atoms. The van der Waals surface area contributed by atoms with Crippen molar-refractivity contribution in [2.24, 2.45) is 0 Å². The van der Waals surface area contributed by atoms with Gasteiger partial charge in [0.15, 0.2) is 0 Å². The Morgan fingerprint density at radius 3 is 1.25 bits per heavy atom. The fourth-order valence-corrected chi connectivity index (χ4v) is 6.75. The first-order valence-electron chi connectivity index (χ1n) is 18.0. The molecular formula is C46H56O5. The minimum Gasteiger partial charge on any atom is -0.508 e. The molecule has 0 saturated carbocycles. The lowest BCUT2D eigenvalue weighted by Gasteiger charge is -2.27. The summed E-state index contributed by atoms with van der Waals surface area (Å²) < 4.78 is 11.6. The third-order valence-corrected chi connectivity index (χ3v) is 10.2. The number of hydrogen-bond donors (Lipinski definition) is 1. The number of rotatable bonds is 2. The van der Waals surface area contributed by atoms with Gasteiger partial charge in [0, 0.05) is 22.3 Å². The molecule has 0 spiro atoms. The summed E-state index contributed by atoms with van der Waals surface area (Å²) in [7, 11) is 0. The van der Waals surface area contributed by atoms with Gasteiger partial charge in [0.25, 0.3) is 0 Å². The van der Waals surface area contributed by atoms with Crippen molar-refractivity contribution in [1.29, 1.82) is 0 Å². The van der Waals surface area contributed by atoms with E-state index in [4.69, 9.17) is 9.47 Å². The molecule has 0 saturated heterocycles. The van der Waals surface area contributed by atoms with E-state index >= 15 is 0 Å². The number of carbonyl (C=O) groups excluding carboxylic acids is 2. The van der Waals surface area contributed by atoms with E-state index in [1.165, 1.54) is 22.3 Å². The largest absolute Gasteiger partial charge is 0.508 e. The number of phenolic OH excluding ortho intramolecular Hbond substituents is 1. The quantitative estimate of drug-likeness (QED) is 0.168. The average molecular weight is 689 g/mol. The maximum Gasteiger partial charge on any atom is 0.323 e. The Bertz CT molecular complexity index is 1990. The second kappa shape index (κ2) is 13.0. The Kier molecular flexibility index (Phi) is 9.64. The van der Waals surface area contributed by atoms with Crippen LogP contribution in [-0.2, 0) is 31.2 Å². The summed E-state index contributed by atoms with van der Waals surface area (Å²) in [6.07, 6.45) is 0. The lowest BCUT2D eigenvalue weighted by molar-refractivity contribution is -0.134. The highest BCUT2D eigenvalue weighted by atomic mass is 16.5. The van der Waals surface area contributed by atoms with Crippen LogP contribution in [-0.4, -0.2) is 17.0 Å². The summed E-state index contributed by atoms with van der Waals surface area (Å²) in [5, 5.41) is 9.55. The van der Waals surface area contributed by atoms with Crippen molar-refractivity contribution in [1.82, 2.24) is 0 Å². The average Bonchev–Trinajstić information content (AvgIpc) is 3.51. The van der Waals surface area contributed by atoms with Crippen molar-refractivity contribution in [2.45, 2.75) is 130 Å². The zero-order valence-corrected chi connectivity index (χ0v) is 33.1. The van der Waals surface area contributed by atoms with Gasteiger partial charge in [-0.05, 0) is 81.0 Å². The van der Waals surface area contributed by atoms with Crippen LogP contribution in [0.25, 0.3) is 0 Å². The van der Waals surface area contributed by atoms with E-state index < -0.39 is 5.92 Å². The maximum absolute atomic E-state index is 12.8. The topological polar surface area (TPSA) is 72.8 Å². The monoisotopic (exact) mass is 688 g/mol. The van der Waals surface area contributed by atoms with Crippen molar-refractivity contribution in [3.63, 3.8) is 0 Å². The highest BCUT2D eigenvalue weighted by molar-refractivity contribution is 5.91. The number of hydrogen-bond acceptors (Lipinski definition) is 5. The first-order valence-corrected chi connectivity index (χ1v) is 18.0. The standard InChI is InChI=1S/C24H30O2.C22H26O3/c1-14-9-10-16(11-15(14)2)20-18-12-17(23(3,4)5)13-19(24(6,7)8)21(18)26-22(20)25;1-21(2,3)14-11-16-18(13-7-9-15(23)10-8-13)20(24)25-19(16)17(12-14)22(4,5)6/h9-13,20H,1-8H3;7-12,18,23H,1-6H3. The van der Waals surface area contributed by atoms with E-state index in [1.807, 2.05) is 0 Å². The third-order valence-electron chi connectivity index (χ3n) is 10.2. The molecule has 4 aromatic rings. The van der Waals surface area contributed by atoms with Gasteiger partial charge in [0.1, 0.15) is 29.1 Å². The number of benzene rings is 4. The second-order valence-corrected chi connectivity index (χ2v) is 18.5. The number of esters is 2. The zero-order valence-electron chi connectivity index (χ0n) is 33.1. The van der Waals surface area contributed by atoms with Gasteiger partial charge in [-0.15, -0.1) is 0 Å². The van der Waals surface area contributed by atoms with Crippen molar-refractivity contribution < 1.29 is 24.2 Å². The summed E-state index contributed by atoms with van der Waals surface area (Å²) in [5.41, 5.74) is 10.6. The molecule has 2 heterocycles. The van der Waals surface area contributed by atoms with E-state index in [-0.39, 0.29) is 45.3 Å². The van der Waals surface area contributed by atoms with Crippen LogP contribution in [0.1, 0.15) is 151 Å². The van der Waals surface area contributed by atoms with Crippen LogP contribution in [0.3, 0.4) is 0 Å². The molecule has 2 aliphatic rings. The Hall–Kier alpha value is -4.38. The van der Waals surface area contributed by atoms with Gasteiger partial charge in [-0.3, -0.25) is 9.59 Å². The van der Waals surface area contributed by atoms with Crippen LogP contribution in [0.5, 0.6) is 17.2 Å². The second-order valence-electron chi connectivity index (χ2n) is 18.5. The molecular weight excluding hydrogens is 633 g/mol. The van der Waals surface area contributed by atoms with E-state index in [9.17, 15) is 14.7 Å². The summed E-state index contributed by atoms with van der Waals surface area (Å²) in [6, 6.07) is 21.7. The zero-order chi connectivity index (χ0) is 38.0. The fourth-order valence-electron chi connectivity index (χ4n) is 6.75. The predicted molar refractivity (Wildman–Crippen MR) is 207 cm³/mol. The minimum atomic E-state index is -0.445. The molecule has 2 unspecified atom stereocenters. The SMILES string of the molecule is CC(C)(C)c1cc2c(c(C(C)(C)C)c1)OC(=O)C2c1ccc(O)cc1.Cc1ccc(C2C(=O)Oc3c2cc(C(C)(C)C)cc3C(C)(C)C)cc1C. The molecule has 51 heavy (non-hydrogen) atoms. The smallest absolute Gasteiger partial charge is 0.323 e. The molecule has 0 amide bonds. The van der Waals surface area contributed by atoms with E-state index in [1.54, 1.807) is 24.3 Å². The van der Waals surface area contributed by atoms with Crippen molar-refractivity contribution in [3.8, 4) is 17.2 Å². The van der Waals surface area contributed by atoms with Crippen LogP contribution < -0.4 is 9.47 Å². The van der Waals surface area contributed by atoms with Crippen molar-refractivity contribution in [2.75, 3.05) is 0 Å². The first kappa shape index (κ1) is 37.9. The Balaban J connectivity index is 0.000000198. The predicted octanol–water partition coefficient (Wildman–Crippen LogP) is 11.0. The van der Waals surface area contributed by atoms with Gasteiger partial charge in [0.2, 0.25) is 0 Å². The highest BCUT2D eigenvalue weighted by Crippen LogP contribution is 2.49. The molecule has 4 aromatic carbocycles. The Morgan fingerprint density at radius 1 is 0.490 bits per heavy atom. The molecule has 0 radical (unpaired) electrons. The normalized spacial score (nSPS) is 17.3.